The van der Waals surface area contributed by atoms with E-state index in [2.05, 4.69) is 56.0 Å². The number of piperazine rings is 1. The Kier molecular flexibility index (Phi) is 4.95. The highest BCUT2D eigenvalue weighted by Crippen LogP contribution is 2.21. The fourth-order valence-electron chi connectivity index (χ4n) is 3.62. The maximum atomic E-state index is 4.63. The first-order chi connectivity index (χ1) is 12.3. The van der Waals surface area contributed by atoms with Crippen molar-refractivity contribution >= 4 is 5.82 Å². The summed E-state index contributed by atoms with van der Waals surface area (Å²) < 4.78 is 0. The standard InChI is InChI=1S/C20H27N5/c1-23-10-12-24(13-11-23)16-17-4-6-18(7-5-17)19-14-22-20(15-21-19)25-8-2-3-9-25/h4-7,14-15H,2-3,8-13,16H2,1H3. The molecule has 2 aliphatic heterocycles. The van der Waals surface area contributed by atoms with Crippen LogP contribution in [0.3, 0.4) is 0 Å². The lowest BCUT2D eigenvalue weighted by atomic mass is 10.1. The van der Waals surface area contributed by atoms with Gasteiger partial charge in [0.25, 0.3) is 0 Å². The maximum absolute atomic E-state index is 4.63. The molecule has 5 nitrogen and oxygen atoms in total. The molecular weight excluding hydrogens is 310 g/mol. The van der Waals surface area contributed by atoms with E-state index in [0.717, 1.165) is 62.9 Å². The van der Waals surface area contributed by atoms with Crippen LogP contribution in [0.25, 0.3) is 11.3 Å². The quantitative estimate of drug-likeness (QED) is 0.856. The van der Waals surface area contributed by atoms with E-state index in [1.54, 1.807) is 0 Å². The van der Waals surface area contributed by atoms with Gasteiger partial charge in [-0.3, -0.25) is 9.88 Å². The zero-order valence-corrected chi connectivity index (χ0v) is 15.1. The van der Waals surface area contributed by atoms with Crippen LogP contribution in [0, 0.1) is 0 Å². The number of hydrogen-bond acceptors (Lipinski definition) is 5. The third-order valence-electron chi connectivity index (χ3n) is 5.32. The van der Waals surface area contributed by atoms with Crippen LogP contribution in [-0.4, -0.2) is 66.1 Å². The van der Waals surface area contributed by atoms with Crippen LogP contribution in [0.1, 0.15) is 18.4 Å². The van der Waals surface area contributed by atoms with Gasteiger partial charge in [-0.1, -0.05) is 24.3 Å². The summed E-state index contributed by atoms with van der Waals surface area (Å²) in [5.74, 6) is 1.01. The van der Waals surface area contributed by atoms with E-state index in [-0.39, 0.29) is 0 Å². The Morgan fingerprint density at radius 1 is 0.840 bits per heavy atom. The molecule has 3 heterocycles. The molecule has 25 heavy (non-hydrogen) atoms. The Hall–Kier alpha value is -1.98. The molecule has 0 spiro atoms. The number of rotatable bonds is 4. The van der Waals surface area contributed by atoms with Crippen LogP contribution in [0.15, 0.2) is 36.7 Å². The van der Waals surface area contributed by atoms with E-state index in [9.17, 15) is 0 Å². The lowest BCUT2D eigenvalue weighted by Gasteiger charge is -2.32. The number of anilines is 1. The molecule has 0 bridgehead atoms. The van der Waals surface area contributed by atoms with E-state index in [1.165, 1.54) is 18.4 Å². The van der Waals surface area contributed by atoms with Gasteiger partial charge >= 0.3 is 0 Å². The van der Waals surface area contributed by atoms with Crippen LogP contribution in [-0.2, 0) is 6.54 Å². The minimum absolute atomic E-state index is 0.953. The van der Waals surface area contributed by atoms with E-state index in [1.807, 2.05) is 12.4 Å². The SMILES string of the molecule is CN1CCN(Cc2ccc(-c3cnc(N4CCCC4)cn3)cc2)CC1. The molecule has 1 aromatic carbocycles. The van der Waals surface area contributed by atoms with E-state index in [0.29, 0.717) is 0 Å². The van der Waals surface area contributed by atoms with Crippen molar-refractivity contribution in [3.05, 3.63) is 42.2 Å². The molecule has 4 rings (SSSR count). The average Bonchev–Trinajstić information content (AvgIpc) is 3.19. The molecule has 0 radical (unpaired) electrons. The molecule has 2 saturated heterocycles. The minimum Gasteiger partial charge on any atom is -0.355 e. The van der Waals surface area contributed by atoms with Gasteiger partial charge in [0.1, 0.15) is 5.82 Å². The molecule has 2 aliphatic rings. The Labute approximate surface area is 150 Å². The van der Waals surface area contributed by atoms with Gasteiger partial charge in [-0.15, -0.1) is 0 Å². The van der Waals surface area contributed by atoms with Gasteiger partial charge in [-0.25, -0.2) is 4.98 Å². The maximum Gasteiger partial charge on any atom is 0.147 e. The van der Waals surface area contributed by atoms with Crippen molar-refractivity contribution in [3.63, 3.8) is 0 Å². The normalized spacial score (nSPS) is 19.5. The number of likely N-dealkylation sites (N-methyl/N-ethyl adjacent to an activating group) is 1. The number of nitrogens with zero attached hydrogens (tertiary/aromatic N) is 5. The number of benzene rings is 1. The van der Waals surface area contributed by atoms with Crippen molar-refractivity contribution in [2.24, 2.45) is 0 Å². The van der Waals surface area contributed by atoms with Gasteiger partial charge in [0.15, 0.2) is 0 Å². The summed E-state index contributed by atoms with van der Waals surface area (Å²) in [4.78, 5) is 16.5. The van der Waals surface area contributed by atoms with E-state index >= 15 is 0 Å². The molecule has 0 saturated carbocycles. The molecule has 0 N–H and O–H groups in total. The molecule has 0 aliphatic carbocycles. The summed E-state index contributed by atoms with van der Waals surface area (Å²) in [6, 6.07) is 8.79. The average molecular weight is 337 g/mol. The van der Waals surface area contributed by atoms with Crippen molar-refractivity contribution in [2.75, 3.05) is 51.2 Å². The summed E-state index contributed by atoms with van der Waals surface area (Å²) in [5, 5.41) is 0. The molecule has 2 fully saturated rings. The van der Waals surface area contributed by atoms with Gasteiger partial charge in [-0.05, 0) is 25.5 Å². The predicted octanol–water partition coefficient (Wildman–Crippen LogP) is 2.49. The van der Waals surface area contributed by atoms with Crippen LogP contribution in [0.2, 0.25) is 0 Å². The summed E-state index contributed by atoms with van der Waals surface area (Å²) in [5.41, 5.74) is 3.46. The summed E-state index contributed by atoms with van der Waals surface area (Å²) in [6.07, 6.45) is 6.35. The zero-order valence-electron chi connectivity index (χ0n) is 15.1. The summed E-state index contributed by atoms with van der Waals surface area (Å²) >= 11 is 0. The fraction of sp³-hybridized carbons (Fsp3) is 0.500. The Morgan fingerprint density at radius 2 is 1.56 bits per heavy atom. The lowest BCUT2D eigenvalue weighted by Crippen LogP contribution is -2.43. The molecule has 2 aromatic rings. The first-order valence-electron chi connectivity index (χ1n) is 9.35. The number of aromatic nitrogens is 2. The van der Waals surface area contributed by atoms with Gasteiger partial charge < -0.3 is 9.80 Å². The van der Waals surface area contributed by atoms with Crippen LogP contribution in [0.5, 0.6) is 0 Å². The van der Waals surface area contributed by atoms with Gasteiger partial charge in [0.05, 0.1) is 18.1 Å². The Morgan fingerprint density at radius 3 is 2.20 bits per heavy atom. The van der Waals surface area contributed by atoms with Gasteiger partial charge in [0.2, 0.25) is 0 Å². The van der Waals surface area contributed by atoms with Gasteiger partial charge in [0, 0.05) is 51.4 Å². The molecule has 132 valence electrons. The monoisotopic (exact) mass is 337 g/mol. The third kappa shape index (κ3) is 3.99. The van der Waals surface area contributed by atoms with Crippen LogP contribution < -0.4 is 4.90 Å². The predicted molar refractivity (Wildman–Crippen MR) is 102 cm³/mol. The molecular formula is C20H27N5. The highest BCUT2D eigenvalue weighted by molar-refractivity contribution is 5.59. The van der Waals surface area contributed by atoms with Crippen LogP contribution >= 0.6 is 0 Å². The van der Waals surface area contributed by atoms with Gasteiger partial charge in [-0.2, -0.15) is 0 Å². The highest BCUT2D eigenvalue weighted by atomic mass is 15.2. The van der Waals surface area contributed by atoms with Crippen molar-refractivity contribution < 1.29 is 0 Å². The topological polar surface area (TPSA) is 35.5 Å². The smallest absolute Gasteiger partial charge is 0.147 e. The first-order valence-corrected chi connectivity index (χ1v) is 9.35. The van der Waals surface area contributed by atoms with Crippen molar-refractivity contribution in [1.29, 1.82) is 0 Å². The fourth-order valence-corrected chi connectivity index (χ4v) is 3.62. The minimum atomic E-state index is 0.953. The molecule has 0 atom stereocenters. The Bertz CT molecular complexity index is 668. The van der Waals surface area contributed by atoms with Crippen LogP contribution in [0.4, 0.5) is 5.82 Å². The first kappa shape index (κ1) is 16.5. The molecule has 0 unspecified atom stereocenters. The highest BCUT2D eigenvalue weighted by Gasteiger charge is 2.15. The molecule has 0 amide bonds. The van der Waals surface area contributed by atoms with E-state index < -0.39 is 0 Å². The zero-order chi connectivity index (χ0) is 17.1. The van der Waals surface area contributed by atoms with E-state index in [4.69, 9.17) is 0 Å². The molecule has 1 aromatic heterocycles. The number of hydrogen-bond donors (Lipinski definition) is 0. The molecule has 5 heteroatoms. The lowest BCUT2D eigenvalue weighted by molar-refractivity contribution is 0.148. The second-order valence-electron chi connectivity index (χ2n) is 7.23. The Balaban J connectivity index is 1.39. The third-order valence-corrected chi connectivity index (χ3v) is 5.32. The summed E-state index contributed by atoms with van der Waals surface area (Å²) in [6.45, 7) is 7.88. The second kappa shape index (κ2) is 7.50. The van der Waals surface area contributed by atoms with Crippen molar-refractivity contribution in [2.45, 2.75) is 19.4 Å². The second-order valence-corrected chi connectivity index (χ2v) is 7.23. The summed E-state index contributed by atoms with van der Waals surface area (Å²) in [7, 11) is 2.20. The largest absolute Gasteiger partial charge is 0.355 e. The van der Waals surface area contributed by atoms with Crippen molar-refractivity contribution in [3.8, 4) is 11.3 Å². The van der Waals surface area contributed by atoms with Crippen molar-refractivity contribution in [1.82, 2.24) is 19.8 Å².